The van der Waals surface area contributed by atoms with Crippen molar-refractivity contribution < 1.29 is 21.6 Å². The topological polar surface area (TPSA) is 75.7 Å². The molecule has 0 aliphatic rings. The molecule has 0 spiro atoms. The predicted molar refractivity (Wildman–Crippen MR) is 89.8 cm³/mol. The summed E-state index contributed by atoms with van der Waals surface area (Å²) in [6.45, 7) is 1.50. The van der Waals surface area contributed by atoms with Crippen LogP contribution in [0.1, 0.15) is 12.5 Å². The highest BCUT2D eigenvalue weighted by atomic mass is 79.9. The van der Waals surface area contributed by atoms with E-state index in [0.717, 1.165) is 12.3 Å². The van der Waals surface area contributed by atoms with E-state index in [0.29, 0.717) is 4.47 Å². The van der Waals surface area contributed by atoms with Crippen LogP contribution in [0.15, 0.2) is 40.0 Å². The fourth-order valence-corrected chi connectivity index (χ4v) is 3.86. The largest absolute Gasteiger partial charge is 0.417 e. The van der Waals surface area contributed by atoms with Gasteiger partial charge in [0.05, 0.1) is 32.9 Å². The van der Waals surface area contributed by atoms with E-state index >= 15 is 0 Å². The second-order valence-electron chi connectivity index (χ2n) is 5.24. The van der Waals surface area contributed by atoms with Gasteiger partial charge < -0.3 is 4.98 Å². The highest BCUT2D eigenvalue weighted by molar-refractivity contribution is 9.10. The maximum absolute atomic E-state index is 12.8. The molecule has 0 aliphatic carbocycles. The van der Waals surface area contributed by atoms with Crippen LogP contribution >= 0.6 is 15.9 Å². The molecule has 0 saturated heterocycles. The minimum atomic E-state index is -4.51. The van der Waals surface area contributed by atoms with Crippen LogP contribution in [0, 0.1) is 0 Å². The van der Waals surface area contributed by atoms with Gasteiger partial charge in [-0.15, -0.1) is 0 Å². The fourth-order valence-electron chi connectivity index (χ4n) is 2.31. The van der Waals surface area contributed by atoms with Crippen LogP contribution in [0.2, 0.25) is 0 Å². The highest BCUT2D eigenvalue weighted by Crippen LogP contribution is 2.33. The smallest absolute Gasteiger partial charge is 0.352 e. The van der Waals surface area contributed by atoms with E-state index in [9.17, 15) is 21.6 Å². The molecule has 0 unspecified atom stereocenters. The quantitative estimate of drug-likeness (QED) is 0.671. The Hall–Kier alpha value is -1.94. The molecule has 5 nitrogen and oxygen atoms in total. The molecular formula is C15H11BrF3N3O2S. The molecular weight excluding hydrogens is 423 g/mol. The van der Waals surface area contributed by atoms with E-state index in [4.69, 9.17) is 0 Å². The lowest BCUT2D eigenvalue weighted by Crippen LogP contribution is -2.07. The summed E-state index contributed by atoms with van der Waals surface area (Å²) in [6, 6.07) is 3.82. The van der Waals surface area contributed by atoms with Crippen LogP contribution in [-0.2, 0) is 16.0 Å². The molecule has 3 heterocycles. The van der Waals surface area contributed by atoms with Crippen molar-refractivity contribution in [1.29, 1.82) is 0 Å². The van der Waals surface area contributed by atoms with Gasteiger partial charge in [-0.05, 0) is 34.1 Å². The van der Waals surface area contributed by atoms with Gasteiger partial charge in [-0.2, -0.15) is 13.2 Å². The van der Waals surface area contributed by atoms with Crippen molar-refractivity contribution in [2.24, 2.45) is 0 Å². The van der Waals surface area contributed by atoms with Gasteiger partial charge in [-0.1, -0.05) is 6.92 Å². The Morgan fingerprint density at radius 3 is 2.52 bits per heavy atom. The first-order chi connectivity index (χ1) is 11.6. The molecule has 3 aromatic heterocycles. The summed E-state index contributed by atoms with van der Waals surface area (Å²) < 4.78 is 63.5. The number of nitrogens with one attached hydrogen (secondary N) is 1. The Labute approximate surface area is 149 Å². The third kappa shape index (κ3) is 3.40. The lowest BCUT2D eigenvalue weighted by Gasteiger charge is -2.07. The summed E-state index contributed by atoms with van der Waals surface area (Å²) in [5.74, 6) is -0.130. The number of nitrogens with zero attached hydrogens (tertiary/aromatic N) is 2. The normalized spacial score (nSPS) is 12.7. The van der Waals surface area contributed by atoms with Gasteiger partial charge in [0.2, 0.25) is 0 Å². The number of hydrogen-bond donors (Lipinski definition) is 1. The number of hydrogen-bond acceptors (Lipinski definition) is 4. The van der Waals surface area contributed by atoms with E-state index in [1.54, 1.807) is 0 Å². The zero-order valence-corrected chi connectivity index (χ0v) is 15.1. The maximum Gasteiger partial charge on any atom is 0.417 e. The minimum Gasteiger partial charge on any atom is -0.352 e. The number of alkyl halides is 3. The Morgan fingerprint density at radius 1 is 1.16 bits per heavy atom. The van der Waals surface area contributed by atoms with Crippen molar-refractivity contribution in [2.75, 3.05) is 5.75 Å². The minimum absolute atomic E-state index is 0.00743. The first-order valence-electron chi connectivity index (χ1n) is 7.06. The van der Waals surface area contributed by atoms with Gasteiger partial charge >= 0.3 is 6.18 Å². The van der Waals surface area contributed by atoms with Crippen LogP contribution in [0.3, 0.4) is 0 Å². The number of pyridine rings is 2. The van der Waals surface area contributed by atoms with E-state index in [1.807, 2.05) is 0 Å². The Bertz CT molecular complexity index is 1060. The second-order valence-corrected chi connectivity index (χ2v) is 8.40. The first kappa shape index (κ1) is 17.9. The van der Waals surface area contributed by atoms with Crippen LogP contribution in [0.5, 0.6) is 0 Å². The Morgan fingerprint density at radius 2 is 1.88 bits per heavy atom. The Kier molecular flexibility index (Phi) is 4.36. The van der Waals surface area contributed by atoms with Crippen LogP contribution in [0.4, 0.5) is 13.2 Å². The molecule has 0 aromatic carbocycles. The van der Waals surface area contributed by atoms with Gasteiger partial charge in [0, 0.05) is 16.9 Å². The van der Waals surface area contributed by atoms with Crippen molar-refractivity contribution in [3.05, 3.63) is 40.6 Å². The number of aromatic amines is 1. The third-order valence-corrected chi connectivity index (χ3v) is 5.76. The molecule has 132 valence electrons. The molecule has 0 aliphatic heterocycles. The molecule has 0 atom stereocenters. The van der Waals surface area contributed by atoms with E-state index < -0.39 is 21.6 Å². The summed E-state index contributed by atoms with van der Waals surface area (Å²) in [6.07, 6.45) is -2.36. The molecule has 0 fully saturated rings. The number of H-pyrrole nitrogens is 1. The van der Waals surface area contributed by atoms with E-state index in [1.165, 1.54) is 25.3 Å². The highest BCUT2D eigenvalue weighted by Gasteiger charge is 2.31. The molecule has 0 amide bonds. The molecule has 10 heteroatoms. The van der Waals surface area contributed by atoms with Crippen molar-refractivity contribution in [2.45, 2.75) is 18.0 Å². The molecule has 3 aromatic rings. The van der Waals surface area contributed by atoms with Gasteiger partial charge in [0.25, 0.3) is 0 Å². The van der Waals surface area contributed by atoms with Crippen LogP contribution < -0.4 is 0 Å². The maximum atomic E-state index is 12.8. The van der Waals surface area contributed by atoms with Crippen molar-refractivity contribution in [3.8, 4) is 11.4 Å². The third-order valence-electron chi connectivity index (χ3n) is 3.59. The molecule has 0 bridgehead atoms. The standard InChI is InChI=1S/C15H11BrF3N3O2S/c1-2-25(23,24)13-4-9(16)7-21-14(13)12-5-10-11(22-12)3-8(6-20-10)15(17,18)19/h3-7,22H,2H2,1H3. The number of halogens is 4. The molecule has 0 radical (unpaired) electrons. The van der Waals surface area contributed by atoms with Gasteiger partial charge in [0.15, 0.2) is 9.84 Å². The molecule has 0 saturated carbocycles. The lowest BCUT2D eigenvalue weighted by molar-refractivity contribution is -0.137. The van der Waals surface area contributed by atoms with E-state index in [2.05, 4.69) is 30.9 Å². The number of aromatic nitrogens is 3. The van der Waals surface area contributed by atoms with Crippen molar-refractivity contribution in [1.82, 2.24) is 15.0 Å². The van der Waals surface area contributed by atoms with Crippen molar-refractivity contribution >= 4 is 36.8 Å². The summed E-state index contributed by atoms with van der Waals surface area (Å²) in [4.78, 5) is 10.7. The summed E-state index contributed by atoms with van der Waals surface area (Å²) in [5, 5.41) is 0. The summed E-state index contributed by atoms with van der Waals surface area (Å²) in [7, 11) is -3.58. The van der Waals surface area contributed by atoms with Crippen LogP contribution in [0.25, 0.3) is 22.4 Å². The predicted octanol–water partition coefficient (Wildman–Crippen LogP) is 4.20. The monoisotopic (exact) mass is 433 g/mol. The molecule has 3 rings (SSSR count). The number of sulfone groups is 1. The van der Waals surface area contributed by atoms with E-state index in [-0.39, 0.29) is 33.1 Å². The fraction of sp³-hybridized carbons (Fsp3) is 0.200. The second kappa shape index (κ2) is 6.10. The molecule has 1 N–H and O–H groups in total. The molecule has 25 heavy (non-hydrogen) atoms. The lowest BCUT2D eigenvalue weighted by atomic mass is 10.2. The van der Waals surface area contributed by atoms with Gasteiger partial charge in [0.1, 0.15) is 5.69 Å². The average Bonchev–Trinajstić information content (AvgIpc) is 2.96. The van der Waals surface area contributed by atoms with Crippen molar-refractivity contribution in [3.63, 3.8) is 0 Å². The van der Waals surface area contributed by atoms with Crippen LogP contribution in [-0.4, -0.2) is 29.1 Å². The Balaban J connectivity index is 2.21. The summed E-state index contributed by atoms with van der Waals surface area (Å²) in [5.41, 5.74) is -0.0431. The van der Waals surface area contributed by atoms with Gasteiger partial charge in [-0.3, -0.25) is 9.97 Å². The zero-order chi connectivity index (χ0) is 18.4. The summed E-state index contributed by atoms with van der Waals surface area (Å²) >= 11 is 3.18. The average molecular weight is 434 g/mol. The number of fused-ring (bicyclic) bond motifs is 1. The SMILES string of the molecule is CCS(=O)(=O)c1cc(Br)cnc1-c1cc2ncc(C(F)(F)F)cc2[nH]1. The van der Waals surface area contributed by atoms with Gasteiger partial charge in [-0.25, -0.2) is 8.42 Å². The zero-order valence-electron chi connectivity index (χ0n) is 12.7. The number of rotatable bonds is 3. The first-order valence-corrected chi connectivity index (χ1v) is 9.51.